The van der Waals surface area contributed by atoms with Crippen LogP contribution < -0.4 is 11.1 Å². The molecule has 1 fully saturated rings. The first-order valence-electron chi connectivity index (χ1n) is 6.51. The third-order valence-corrected chi connectivity index (χ3v) is 3.66. The van der Waals surface area contributed by atoms with Gasteiger partial charge in [-0.1, -0.05) is 13.8 Å². The maximum absolute atomic E-state index is 12.4. The minimum absolute atomic E-state index is 0.0184. The molecule has 0 aromatic carbocycles. The molecular weight excluding hydrogens is 214 g/mol. The fourth-order valence-corrected chi connectivity index (χ4v) is 2.44. The Balaban J connectivity index is 2.62. The van der Waals surface area contributed by atoms with Crippen molar-refractivity contribution in [3.63, 3.8) is 0 Å². The topological polar surface area (TPSA) is 58.4 Å². The molecule has 4 heteroatoms. The van der Waals surface area contributed by atoms with Crippen LogP contribution in [0.15, 0.2) is 0 Å². The third kappa shape index (κ3) is 3.68. The van der Waals surface area contributed by atoms with Gasteiger partial charge in [0.05, 0.1) is 5.54 Å². The van der Waals surface area contributed by atoms with Crippen LogP contribution in [0.3, 0.4) is 0 Å². The molecular formula is C13H27N3O. The zero-order valence-corrected chi connectivity index (χ0v) is 11.7. The van der Waals surface area contributed by atoms with E-state index >= 15 is 0 Å². The average molecular weight is 241 g/mol. The first-order chi connectivity index (χ1) is 7.81. The van der Waals surface area contributed by atoms with Gasteiger partial charge in [-0.05, 0) is 44.7 Å². The Labute approximate surface area is 105 Å². The van der Waals surface area contributed by atoms with Crippen molar-refractivity contribution in [1.29, 1.82) is 0 Å². The lowest BCUT2D eigenvalue weighted by Gasteiger charge is -2.39. The molecule has 0 radical (unpaired) electrons. The van der Waals surface area contributed by atoms with Gasteiger partial charge in [-0.15, -0.1) is 0 Å². The van der Waals surface area contributed by atoms with Gasteiger partial charge in [0.1, 0.15) is 0 Å². The number of carbonyl (C=O) groups is 1. The lowest BCUT2D eigenvalue weighted by molar-refractivity contribution is -0.138. The number of carbonyl (C=O) groups excluding carboxylic acids is 1. The van der Waals surface area contributed by atoms with Crippen molar-refractivity contribution < 1.29 is 4.79 Å². The van der Waals surface area contributed by atoms with E-state index < -0.39 is 0 Å². The smallest absolute Gasteiger partial charge is 0.242 e. The first-order valence-corrected chi connectivity index (χ1v) is 6.51. The monoisotopic (exact) mass is 241 g/mol. The van der Waals surface area contributed by atoms with Gasteiger partial charge in [0, 0.05) is 13.6 Å². The normalized spacial score (nSPS) is 25.7. The molecule has 3 N–H and O–H groups in total. The average Bonchev–Trinajstić information content (AvgIpc) is 2.28. The van der Waals surface area contributed by atoms with Crippen molar-refractivity contribution in [1.82, 2.24) is 10.2 Å². The predicted octanol–water partition coefficient (Wildman–Crippen LogP) is 0.962. The summed E-state index contributed by atoms with van der Waals surface area (Å²) in [5.41, 5.74) is 5.32. The second-order valence-corrected chi connectivity index (χ2v) is 6.25. The molecule has 0 aliphatic carbocycles. The van der Waals surface area contributed by atoms with E-state index in [1.807, 2.05) is 18.9 Å². The molecule has 100 valence electrons. The highest BCUT2D eigenvalue weighted by atomic mass is 16.2. The van der Waals surface area contributed by atoms with Crippen molar-refractivity contribution >= 4 is 5.91 Å². The number of rotatable bonds is 4. The minimum Gasteiger partial charge on any atom is -0.344 e. The van der Waals surface area contributed by atoms with E-state index in [2.05, 4.69) is 19.2 Å². The van der Waals surface area contributed by atoms with E-state index in [0.717, 1.165) is 19.4 Å². The van der Waals surface area contributed by atoms with Crippen molar-refractivity contribution in [2.45, 2.75) is 45.6 Å². The SMILES string of the molecule is CN(CC(C)(C)CN)C(=O)C1(C)CCCCN1. The van der Waals surface area contributed by atoms with Crippen LogP contribution in [0.2, 0.25) is 0 Å². The molecule has 0 spiro atoms. The molecule has 1 aliphatic heterocycles. The van der Waals surface area contributed by atoms with Crippen LogP contribution in [0, 0.1) is 5.41 Å². The number of hydrogen-bond donors (Lipinski definition) is 2. The molecule has 1 amide bonds. The quantitative estimate of drug-likeness (QED) is 0.771. The highest BCUT2D eigenvalue weighted by molar-refractivity contribution is 5.85. The van der Waals surface area contributed by atoms with Gasteiger partial charge in [-0.3, -0.25) is 4.79 Å². The number of nitrogens with zero attached hydrogens (tertiary/aromatic N) is 1. The van der Waals surface area contributed by atoms with Crippen LogP contribution in [0.4, 0.5) is 0 Å². The van der Waals surface area contributed by atoms with Crippen molar-refractivity contribution in [2.75, 3.05) is 26.7 Å². The van der Waals surface area contributed by atoms with Gasteiger partial charge in [-0.2, -0.15) is 0 Å². The molecule has 1 rings (SSSR count). The summed E-state index contributed by atoms with van der Waals surface area (Å²) in [5, 5.41) is 3.36. The third-order valence-electron chi connectivity index (χ3n) is 3.66. The summed E-state index contributed by atoms with van der Waals surface area (Å²) in [6.45, 7) is 8.44. The molecule has 1 unspecified atom stereocenters. The van der Waals surface area contributed by atoms with Crippen LogP contribution in [-0.4, -0.2) is 43.0 Å². The number of nitrogens with two attached hydrogens (primary N) is 1. The van der Waals surface area contributed by atoms with E-state index in [-0.39, 0.29) is 16.9 Å². The minimum atomic E-state index is -0.377. The van der Waals surface area contributed by atoms with Crippen molar-refractivity contribution in [3.8, 4) is 0 Å². The molecule has 4 nitrogen and oxygen atoms in total. The molecule has 17 heavy (non-hydrogen) atoms. The number of amides is 1. The first kappa shape index (κ1) is 14.5. The van der Waals surface area contributed by atoms with Crippen LogP contribution in [-0.2, 0) is 4.79 Å². The Morgan fingerprint density at radius 1 is 1.47 bits per heavy atom. The molecule has 0 saturated carbocycles. The Hall–Kier alpha value is -0.610. The predicted molar refractivity (Wildman–Crippen MR) is 70.7 cm³/mol. The summed E-state index contributed by atoms with van der Waals surface area (Å²) in [6.07, 6.45) is 3.23. The molecule has 0 bridgehead atoms. The summed E-state index contributed by atoms with van der Waals surface area (Å²) < 4.78 is 0. The van der Waals surface area contributed by atoms with E-state index in [1.54, 1.807) is 0 Å². The van der Waals surface area contributed by atoms with Crippen LogP contribution >= 0.6 is 0 Å². The van der Waals surface area contributed by atoms with Gasteiger partial charge in [0.15, 0.2) is 0 Å². The van der Waals surface area contributed by atoms with E-state index in [0.29, 0.717) is 13.1 Å². The van der Waals surface area contributed by atoms with Crippen molar-refractivity contribution in [2.24, 2.45) is 11.1 Å². The Morgan fingerprint density at radius 3 is 2.59 bits per heavy atom. The summed E-state index contributed by atoms with van der Waals surface area (Å²) in [4.78, 5) is 14.3. The largest absolute Gasteiger partial charge is 0.344 e. The van der Waals surface area contributed by atoms with Crippen molar-refractivity contribution in [3.05, 3.63) is 0 Å². The Kier molecular flexibility index (Phi) is 4.55. The number of hydrogen-bond acceptors (Lipinski definition) is 3. The Bertz CT molecular complexity index is 270. The number of likely N-dealkylation sites (N-methyl/N-ethyl adjacent to an activating group) is 1. The molecule has 1 atom stereocenters. The molecule has 1 heterocycles. The number of piperidine rings is 1. The van der Waals surface area contributed by atoms with Crippen LogP contribution in [0.5, 0.6) is 0 Å². The summed E-state index contributed by atoms with van der Waals surface area (Å²) >= 11 is 0. The van der Waals surface area contributed by atoms with Gasteiger partial charge >= 0.3 is 0 Å². The maximum atomic E-state index is 12.4. The molecule has 0 aromatic rings. The second kappa shape index (κ2) is 5.36. The lowest BCUT2D eigenvalue weighted by Crippen LogP contribution is -2.58. The molecule has 0 aromatic heterocycles. The van der Waals surface area contributed by atoms with Gasteiger partial charge in [0.2, 0.25) is 5.91 Å². The maximum Gasteiger partial charge on any atom is 0.242 e. The van der Waals surface area contributed by atoms with E-state index in [4.69, 9.17) is 5.73 Å². The van der Waals surface area contributed by atoms with Gasteiger partial charge in [0.25, 0.3) is 0 Å². The van der Waals surface area contributed by atoms with E-state index in [1.165, 1.54) is 6.42 Å². The zero-order chi connectivity index (χ0) is 13.1. The summed E-state index contributed by atoms with van der Waals surface area (Å²) in [6, 6.07) is 0. The molecule has 1 saturated heterocycles. The van der Waals surface area contributed by atoms with Gasteiger partial charge < -0.3 is 16.0 Å². The highest BCUT2D eigenvalue weighted by Gasteiger charge is 2.37. The second-order valence-electron chi connectivity index (χ2n) is 6.25. The summed E-state index contributed by atoms with van der Waals surface area (Å²) in [5.74, 6) is 0.193. The zero-order valence-electron chi connectivity index (χ0n) is 11.7. The van der Waals surface area contributed by atoms with Crippen LogP contribution in [0.1, 0.15) is 40.0 Å². The lowest BCUT2D eigenvalue weighted by atomic mass is 9.88. The highest BCUT2D eigenvalue weighted by Crippen LogP contribution is 2.23. The molecule has 1 aliphatic rings. The van der Waals surface area contributed by atoms with Crippen LogP contribution in [0.25, 0.3) is 0 Å². The fourth-order valence-electron chi connectivity index (χ4n) is 2.44. The number of nitrogens with one attached hydrogen (secondary N) is 1. The van der Waals surface area contributed by atoms with Gasteiger partial charge in [-0.25, -0.2) is 0 Å². The van der Waals surface area contributed by atoms with E-state index in [9.17, 15) is 4.79 Å². The standard InChI is InChI=1S/C13H27N3O/c1-12(2,9-14)10-16(4)11(17)13(3)7-5-6-8-15-13/h15H,5-10,14H2,1-4H3. The Morgan fingerprint density at radius 2 is 2.12 bits per heavy atom. The fraction of sp³-hybridized carbons (Fsp3) is 0.923. The summed E-state index contributed by atoms with van der Waals surface area (Å²) in [7, 11) is 1.88.